The summed E-state index contributed by atoms with van der Waals surface area (Å²) in [6.45, 7) is 0. The standard InChI is InChI=1S/C57H29F3N4S2/c58-57(59,60)35-19-21-36(34(28-35)31-62)33-18-20-37(50(29-33)64-46-14-6-2-12-43(46)54-49(64)26-23-41-39-10-4-8-16-52(39)66-56(41)54)44-27-32(30-61)17-24-47(44)63-45-13-5-1-11-42(45)53-48(63)25-22-40-38-9-3-7-15-51(38)65-55(40)53/h1-29H. The van der Waals surface area contributed by atoms with Crippen molar-refractivity contribution in [1.29, 1.82) is 10.5 Å². The molecule has 4 aromatic heterocycles. The monoisotopic (exact) mass is 890 g/mol. The molecule has 0 N–H and O–H groups in total. The number of halogens is 3. The minimum atomic E-state index is -4.61. The number of para-hydroxylation sites is 2. The van der Waals surface area contributed by atoms with Gasteiger partial charge in [-0.15, -0.1) is 22.7 Å². The van der Waals surface area contributed by atoms with Crippen molar-refractivity contribution in [3.8, 4) is 45.8 Å². The van der Waals surface area contributed by atoms with Gasteiger partial charge in [0.15, 0.2) is 0 Å². The summed E-state index contributed by atoms with van der Waals surface area (Å²) in [5, 5.41) is 30.0. The van der Waals surface area contributed by atoms with Crippen LogP contribution in [-0.4, -0.2) is 9.13 Å². The Morgan fingerprint density at radius 3 is 1.55 bits per heavy atom. The van der Waals surface area contributed by atoms with Crippen molar-refractivity contribution in [2.75, 3.05) is 0 Å². The number of nitrogens with zero attached hydrogens (tertiary/aromatic N) is 4. The summed E-state index contributed by atoms with van der Waals surface area (Å²) in [7, 11) is 0. The molecule has 4 heterocycles. The van der Waals surface area contributed by atoms with Crippen LogP contribution in [0.1, 0.15) is 16.7 Å². The van der Waals surface area contributed by atoms with E-state index >= 15 is 0 Å². The lowest BCUT2D eigenvalue weighted by atomic mass is 9.93. The molecule has 0 saturated heterocycles. The Hall–Kier alpha value is -8.21. The molecule has 0 atom stereocenters. The average molecular weight is 891 g/mol. The smallest absolute Gasteiger partial charge is 0.309 e. The molecule has 0 bridgehead atoms. The maximum Gasteiger partial charge on any atom is 0.416 e. The van der Waals surface area contributed by atoms with Gasteiger partial charge < -0.3 is 9.13 Å². The van der Waals surface area contributed by atoms with Crippen LogP contribution >= 0.6 is 22.7 Å². The van der Waals surface area contributed by atoms with E-state index in [-0.39, 0.29) is 5.56 Å². The first-order valence-electron chi connectivity index (χ1n) is 21.3. The fraction of sp³-hybridized carbons (Fsp3) is 0.0175. The summed E-state index contributed by atoms with van der Waals surface area (Å²) < 4.78 is 51.3. The Labute approximate surface area is 382 Å². The maximum atomic E-state index is 14.0. The van der Waals surface area contributed by atoms with Gasteiger partial charge in [-0.25, -0.2) is 0 Å². The number of thiophene rings is 2. The van der Waals surface area contributed by atoms with E-state index in [1.54, 1.807) is 22.7 Å². The number of nitriles is 2. The van der Waals surface area contributed by atoms with Crippen LogP contribution in [0.4, 0.5) is 13.2 Å². The van der Waals surface area contributed by atoms with Crippen LogP contribution in [0.2, 0.25) is 0 Å². The van der Waals surface area contributed by atoms with Crippen LogP contribution in [-0.2, 0) is 6.18 Å². The summed E-state index contributed by atoms with van der Waals surface area (Å²) in [5.74, 6) is 0. The molecule has 0 radical (unpaired) electrons. The van der Waals surface area contributed by atoms with Crippen LogP contribution in [0.15, 0.2) is 176 Å². The SMILES string of the molecule is N#Cc1ccc(-n2c3ccccc3c3c4sc5ccccc5c4ccc32)c(-c2ccc(-c3ccc(C(F)(F)F)cc3C#N)cc2-n2c3ccccc3c3c4sc5ccccc5c4ccc32)c1. The lowest BCUT2D eigenvalue weighted by Crippen LogP contribution is -2.05. The molecule has 9 heteroatoms. The zero-order valence-corrected chi connectivity index (χ0v) is 36.1. The highest BCUT2D eigenvalue weighted by atomic mass is 32.1. The van der Waals surface area contributed by atoms with Gasteiger partial charge in [0.05, 0.1) is 62.3 Å². The van der Waals surface area contributed by atoms with Crippen LogP contribution in [0.3, 0.4) is 0 Å². The predicted octanol–water partition coefficient (Wildman–Crippen LogP) is 16.7. The second-order valence-corrected chi connectivity index (χ2v) is 18.6. The molecule has 0 fully saturated rings. The zero-order chi connectivity index (χ0) is 44.4. The third kappa shape index (κ3) is 5.48. The quantitative estimate of drug-likeness (QED) is 0.177. The van der Waals surface area contributed by atoms with Crippen molar-refractivity contribution < 1.29 is 13.2 Å². The van der Waals surface area contributed by atoms with Crippen molar-refractivity contribution in [1.82, 2.24) is 9.13 Å². The molecule has 0 spiro atoms. The Kier molecular flexibility index (Phi) is 8.20. The molecule has 0 amide bonds. The van der Waals surface area contributed by atoms with Gasteiger partial charge in [-0.3, -0.25) is 0 Å². The molecule has 9 aromatic carbocycles. The van der Waals surface area contributed by atoms with E-state index in [9.17, 15) is 23.7 Å². The Bertz CT molecular complexity index is 4320. The minimum Gasteiger partial charge on any atom is -0.309 e. The van der Waals surface area contributed by atoms with Crippen molar-refractivity contribution >= 4 is 107 Å². The first kappa shape index (κ1) is 38.3. The normalized spacial score (nSPS) is 12.1. The minimum absolute atomic E-state index is 0.0808. The molecule has 0 aliphatic carbocycles. The van der Waals surface area contributed by atoms with Gasteiger partial charge in [-0.05, 0) is 83.9 Å². The summed E-state index contributed by atoms with van der Waals surface area (Å²) in [6, 6.07) is 61.8. The van der Waals surface area contributed by atoms with Crippen molar-refractivity contribution in [3.05, 3.63) is 193 Å². The first-order valence-corrected chi connectivity index (χ1v) is 22.9. The summed E-state index contributed by atoms with van der Waals surface area (Å²) in [5.41, 5.74) is 7.56. The Morgan fingerprint density at radius 1 is 0.424 bits per heavy atom. The molecule has 13 rings (SSSR count). The second kappa shape index (κ2) is 14.1. The third-order valence-electron chi connectivity index (χ3n) is 13.0. The largest absolute Gasteiger partial charge is 0.416 e. The van der Waals surface area contributed by atoms with E-state index < -0.39 is 11.7 Å². The molecule has 4 nitrogen and oxygen atoms in total. The van der Waals surface area contributed by atoms with E-state index in [0.29, 0.717) is 16.7 Å². The van der Waals surface area contributed by atoms with Gasteiger partial charge >= 0.3 is 6.18 Å². The zero-order valence-electron chi connectivity index (χ0n) is 34.5. The van der Waals surface area contributed by atoms with E-state index in [1.165, 1.54) is 36.3 Å². The van der Waals surface area contributed by atoms with E-state index in [1.807, 2.05) is 54.6 Å². The van der Waals surface area contributed by atoms with Gasteiger partial charge in [0.2, 0.25) is 0 Å². The van der Waals surface area contributed by atoms with Crippen molar-refractivity contribution in [3.63, 3.8) is 0 Å². The van der Waals surface area contributed by atoms with Crippen LogP contribution in [0.5, 0.6) is 0 Å². The Balaban J connectivity index is 1.15. The molecule has 0 unspecified atom stereocenters. The molecule has 13 aromatic rings. The predicted molar refractivity (Wildman–Crippen MR) is 266 cm³/mol. The average Bonchev–Trinajstić information content (AvgIpc) is 4.11. The second-order valence-electron chi connectivity index (χ2n) is 16.5. The molecule has 66 heavy (non-hydrogen) atoms. The maximum absolute atomic E-state index is 14.0. The van der Waals surface area contributed by atoms with Crippen molar-refractivity contribution in [2.45, 2.75) is 6.18 Å². The summed E-state index contributed by atoms with van der Waals surface area (Å²) in [4.78, 5) is 0. The Morgan fingerprint density at radius 2 is 0.970 bits per heavy atom. The van der Waals surface area contributed by atoms with Gasteiger partial charge in [0.25, 0.3) is 0 Å². The first-order chi connectivity index (χ1) is 32.3. The number of hydrogen-bond acceptors (Lipinski definition) is 4. The lowest BCUT2D eigenvalue weighted by molar-refractivity contribution is -0.137. The fourth-order valence-corrected chi connectivity index (χ4v) is 12.7. The van der Waals surface area contributed by atoms with E-state index in [2.05, 4.69) is 124 Å². The number of rotatable bonds is 4. The molecule has 0 aliphatic rings. The molecular weight excluding hydrogens is 862 g/mol. The van der Waals surface area contributed by atoms with E-state index in [0.717, 1.165) is 88.3 Å². The van der Waals surface area contributed by atoms with Crippen molar-refractivity contribution in [2.24, 2.45) is 0 Å². The van der Waals surface area contributed by atoms with E-state index in [4.69, 9.17) is 0 Å². The number of fused-ring (bicyclic) bond motifs is 14. The number of hydrogen-bond donors (Lipinski definition) is 0. The molecule has 0 saturated carbocycles. The lowest BCUT2D eigenvalue weighted by Gasteiger charge is -2.20. The third-order valence-corrected chi connectivity index (χ3v) is 15.4. The van der Waals surface area contributed by atoms with Crippen LogP contribution < -0.4 is 0 Å². The van der Waals surface area contributed by atoms with Gasteiger partial charge in [0, 0.05) is 73.0 Å². The highest BCUT2D eigenvalue weighted by Gasteiger charge is 2.31. The molecule has 0 aliphatic heterocycles. The van der Waals surface area contributed by atoms with Gasteiger partial charge in [-0.1, -0.05) is 103 Å². The molecular formula is C57H29F3N4S2. The van der Waals surface area contributed by atoms with Gasteiger partial charge in [-0.2, -0.15) is 23.7 Å². The highest BCUT2D eigenvalue weighted by molar-refractivity contribution is 7.27. The molecule has 310 valence electrons. The number of benzene rings is 9. The van der Waals surface area contributed by atoms with Crippen LogP contribution in [0, 0.1) is 22.7 Å². The summed E-state index contributed by atoms with van der Waals surface area (Å²) >= 11 is 3.54. The van der Waals surface area contributed by atoms with Gasteiger partial charge in [0.1, 0.15) is 0 Å². The number of alkyl halides is 3. The fourth-order valence-electron chi connectivity index (χ4n) is 10.2. The number of aromatic nitrogens is 2. The topological polar surface area (TPSA) is 57.4 Å². The van der Waals surface area contributed by atoms with Crippen LogP contribution in [0.25, 0.3) is 118 Å². The highest BCUT2D eigenvalue weighted by Crippen LogP contribution is 2.48. The summed E-state index contributed by atoms with van der Waals surface area (Å²) in [6.07, 6.45) is -4.61.